The van der Waals surface area contributed by atoms with Gasteiger partial charge in [-0.15, -0.1) is 0 Å². The summed E-state index contributed by atoms with van der Waals surface area (Å²) in [7, 11) is 0. The van der Waals surface area contributed by atoms with E-state index in [0.29, 0.717) is 12.2 Å². The molecule has 3 heteroatoms. The van der Waals surface area contributed by atoms with Crippen LogP contribution in [0, 0.1) is 0 Å². The highest BCUT2D eigenvalue weighted by Crippen LogP contribution is 2.09. The fourth-order valence-electron chi connectivity index (χ4n) is 2.33. The molecule has 0 bridgehead atoms. The average molecular weight is 258 g/mol. The molecule has 0 spiro atoms. The lowest BCUT2D eigenvalue weighted by atomic mass is 10.1. The second-order valence-corrected chi connectivity index (χ2v) is 5.00. The zero-order valence-electron chi connectivity index (χ0n) is 13.1. The minimum Gasteiger partial charge on any atom is -0.373 e. The Balaban J connectivity index is 0.000000283. The first kappa shape index (κ1) is 17.9. The molecule has 2 rings (SSSR count). The monoisotopic (exact) mass is 258 g/mol. The van der Waals surface area contributed by atoms with Crippen LogP contribution in [0.5, 0.6) is 0 Å². The van der Waals surface area contributed by atoms with E-state index in [4.69, 9.17) is 4.74 Å². The van der Waals surface area contributed by atoms with Gasteiger partial charge in [0.2, 0.25) is 0 Å². The fourth-order valence-corrected chi connectivity index (χ4v) is 2.33. The minimum absolute atomic E-state index is 0.402. The van der Waals surface area contributed by atoms with Gasteiger partial charge in [0.1, 0.15) is 0 Å². The summed E-state index contributed by atoms with van der Waals surface area (Å²) in [5.41, 5.74) is 0. The normalized spacial score (nSPS) is 30.8. The molecule has 0 radical (unpaired) electrons. The predicted molar refractivity (Wildman–Crippen MR) is 80.2 cm³/mol. The fraction of sp³-hybridized carbons (Fsp3) is 1.00. The van der Waals surface area contributed by atoms with Crippen molar-refractivity contribution in [3.8, 4) is 0 Å². The van der Waals surface area contributed by atoms with Crippen molar-refractivity contribution >= 4 is 0 Å². The van der Waals surface area contributed by atoms with Crippen molar-refractivity contribution in [1.29, 1.82) is 0 Å². The molecule has 2 heterocycles. The summed E-state index contributed by atoms with van der Waals surface area (Å²) in [6, 6.07) is 0.861. The standard InChI is InChI=1S/C7H15N.C6H13NO.C2H6/c1-2-4-7-5-3-6-8-7;1-5-3-7-4-6(2)8-5;1-2/h7-8H,2-6H2,1H3;5-7H,3-4H2,1-2H3;1-2H3. The van der Waals surface area contributed by atoms with Crippen LogP contribution in [0.15, 0.2) is 0 Å². The van der Waals surface area contributed by atoms with Crippen molar-refractivity contribution in [3.63, 3.8) is 0 Å². The van der Waals surface area contributed by atoms with E-state index in [1.54, 1.807) is 0 Å². The average Bonchev–Trinajstić information content (AvgIpc) is 2.86. The van der Waals surface area contributed by atoms with Gasteiger partial charge in [-0.25, -0.2) is 0 Å². The lowest BCUT2D eigenvalue weighted by Gasteiger charge is -2.25. The van der Waals surface area contributed by atoms with E-state index in [0.717, 1.165) is 19.1 Å². The zero-order chi connectivity index (χ0) is 13.8. The number of hydrogen-bond donors (Lipinski definition) is 2. The number of rotatable bonds is 2. The summed E-state index contributed by atoms with van der Waals surface area (Å²) in [4.78, 5) is 0. The largest absolute Gasteiger partial charge is 0.373 e. The summed E-state index contributed by atoms with van der Waals surface area (Å²) >= 11 is 0. The molecule has 3 nitrogen and oxygen atoms in total. The Hall–Kier alpha value is -0.120. The summed E-state index contributed by atoms with van der Waals surface area (Å²) in [6.07, 6.45) is 6.31. The number of nitrogens with one attached hydrogen (secondary N) is 2. The zero-order valence-corrected chi connectivity index (χ0v) is 13.1. The van der Waals surface area contributed by atoms with E-state index in [1.165, 1.54) is 32.2 Å². The van der Waals surface area contributed by atoms with Gasteiger partial charge in [0.05, 0.1) is 12.2 Å². The van der Waals surface area contributed by atoms with Crippen LogP contribution < -0.4 is 10.6 Å². The molecule has 0 aromatic carbocycles. The van der Waals surface area contributed by atoms with Gasteiger partial charge in [0.25, 0.3) is 0 Å². The first-order valence-electron chi connectivity index (χ1n) is 7.82. The molecule has 110 valence electrons. The molecule has 2 aliphatic heterocycles. The quantitative estimate of drug-likeness (QED) is 0.799. The Labute approximate surface area is 114 Å². The Morgan fingerprint density at radius 1 is 1.11 bits per heavy atom. The van der Waals surface area contributed by atoms with Crippen molar-refractivity contribution in [2.45, 2.75) is 78.6 Å². The van der Waals surface area contributed by atoms with Gasteiger partial charge in [-0.2, -0.15) is 0 Å². The van der Waals surface area contributed by atoms with Gasteiger partial charge in [-0.3, -0.25) is 0 Å². The van der Waals surface area contributed by atoms with Crippen LogP contribution in [0.1, 0.15) is 60.3 Å². The van der Waals surface area contributed by atoms with E-state index >= 15 is 0 Å². The van der Waals surface area contributed by atoms with Gasteiger partial charge in [-0.05, 0) is 39.7 Å². The highest BCUT2D eigenvalue weighted by molar-refractivity contribution is 4.72. The number of morpholine rings is 1. The summed E-state index contributed by atoms with van der Waals surface area (Å²) in [5, 5.41) is 6.72. The Morgan fingerprint density at radius 2 is 1.72 bits per heavy atom. The SMILES string of the molecule is CC.CC1CNCC(C)O1.CCCC1CCCN1. The van der Waals surface area contributed by atoms with Gasteiger partial charge in [0, 0.05) is 19.1 Å². The third-order valence-electron chi connectivity index (χ3n) is 3.13. The highest BCUT2D eigenvalue weighted by Gasteiger charge is 2.13. The molecule has 0 aromatic heterocycles. The number of ether oxygens (including phenoxy) is 1. The molecule has 0 aliphatic carbocycles. The lowest BCUT2D eigenvalue weighted by Crippen LogP contribution is -2.41. The molecule has 0 saturated carbocycles. The van der Waals surface area contributed by atoms with Crippen molar-refractivity contribution in [1.82, 2.24) is 10.6 Å². The maximum absolute atomic E-state index is 5.42. The molecular weight excluding hydrogens is 224 g/mol. The molecule has 2 saturated heterocycles. The second kappa shape index (κ2) is 11.9. The lowest BCUT2D eigenvalue weighted by molar-refractivity contribution is -0.0166. The summed E-state index contributed by atoms with van der Waals surface area (Å²) in [5.74, 6) is 0. The molecule has 3 atom stereocenters. The summed E-state index contributed by atoms with van der Waals surface area (Å²) < 4.78 is 5.42. The van der Waals surface area contributed by atoms with Crippen molar-refractivity contribution in [2.24, 2.45) is 0 Å². The molecule has 0 amide bonds. The van der Waals surface area contributed by atoms with Crippen LogP contribution in [-0.2, 0) is 4.74 Å². The second-order valence-electron chi connectivity index (χ2n) is 5.00. The van der Waals surface area contributed by atoms with E-state index in [-0.39, 0.29) is 0 Å². The third-order valence-corrected chi connectivity index (χ3v) is 3.13. The molecular formula is C15H34N2O. The molecule has 18 heavy (non-hydrogen) atoms. The number of hydrogen-bond acceptors (Lipinski definition) is 3. The first-order chi connectivity index (χ1) is 8.72. The topological polar surface area (TPSA) is 33.3 Å². The van der Waals surface area contributed by atoms with E-state index < -0.39 is 0 Å². The molecule has 2 aliphatic rings. The van der Waals surface area contributed by atoms with Crippen LogP contribution in [0.3, 0.4) is 0 Å². The molecule has 3 unspecified atom stereocenters. The van der Waals surface area contributed by atoms with E-state index in [2.05, 4.69) is 31.4 Å². The molecule has 0 aromatic rings. The van der Waals surface area contributed by atoms with Gasteiger partial charge < -0.3 is 15.4 Å². The first-order valence-corrected chi connectivity index (χ1v) is 7.82. The molecule has 2 fully saturated rings. The predicted octanol–water partition coefficient (Wildman–Crippen LogP) is 2.95. The van der Waals surface area contributed by atoms with Gasteiger partial charge >= 0.3 is 0 Å². The minimum atomic E-state index is 0.402. The summed E-state index contributed by atoms with van der Waals surface area (Å²) in [6.45, 7) is 13.7. The van der Waals surface area contributed by atoms with Crippen molar-refractivity contribution < 1.29 is 4.74 Å². The third kappa shape index (κ3) is 8.90. The van der Waals surface area contributed by atoms with Crippen molar-refractivity contribution in [3.05, 3.63) is 0 Å². The molecule has 2 N–H and O–H groups in total. The van der Waals surface area contributed by atoms with Crippen LogP contribution in [0.4, 0.5) is 0 Å². The van der Waals surface area contributed by atoms with Gasteiger partial charge in [0.15, 0.2) is 0 Å². The van der Waals surface area contributed by atoms with Crippen LogP contribution in [0.25, 0.3) is 0 Å². The van der Waals surface area contributed by atoms with Crippen LogP contribution in [-0.4, -0.2) is 37.9 Å². The highest BCUT2D eigenvalue weighted by atomic mass is 16.5. The Bertz CT molecular complexity index is 162. The van der Waals surface area contributed by atoms with Crippen molar-refractivity contribution in [2.75, 3.05) is 19.6 Å². The maximum atomic E-state index is 5.42. The van der Waals surface area contributed by atoms with Gasteiger partial charge in [-0.1, -0.05) is 27.2 Å². The Kier molecular flexibility index (Phi) is 11.9. The van der Waals surface area contributed by atoms with E-state index in [1.807, 2.05) is 13.8 Å². The van der Waals surface area contributed by atoms with Crippen LogP contribution >= 0.6 is 0 Å². The van der Waals surface area contributed by atoms with E-state index in [9.17, 15) is 0 Å². The van der Waals surface area contributed by atoms with Crippen LogP contribution in [0.2, 0.25) is 0 Å². The smallest absolute Gasteiger partial charge is 0.0675 e. The maximum Gasteiger partial charge on any atom is 0.0675 e. The Morgan fingerprint density at radius 3 is 2.06 bits per heavy atom.